The van der Waals surface area contributed by atoms with Gasteiger partial charge in [0, 0.05) is 11.6 Å². The van der Waals surface area contributed by atoms with E-state index in [1.807, 2.05) is 57.2 Å². The minimum Gasteiger partial charge on any atom is -0.481 e. The van der Waals surface area contributed by atoms with Crippen LogP contribution in [-0.4, -0.2) is 23.1 Å². The minimum absolute atomic E-state index is 0.0102. The normalized spacial score (nSPS) is 11.6. The lowest BCUT2D eigenvalue weighted by molar-refractivity contribution is -0.128. The Labute approximate surface area is 169 Å². The highest BCUT2D eigenvalue weighted by molar-refractivity contribution is 5.94. The minimum atomic E-state index is -0.798. The van der Waals surface area contributed by atoms with Crippen molar-refractivity contribution in [2.45, 2.75) is 33.8 Å². The molecular formula is C22H23N3O4. The van der Waals surface area contributed by atoms with Gasteiger partial charge in [0.1, 0.15) is 11.4 Å². The van der Waals surface area contributed by atoms with Gasteiger partial charge in [-0.2, -0.15) is 0 Å². The van der Waals surface area contributed by atoms with Crippen molar-refractivity contribution in [1.29, 1.82) is 0 Å². The average molecular weight is 393 g/mol. The molecule has 0 aliphatic rings. The topological polar surface area (TPSA) is 93.5 Å². The summed E-state index contributed by atoms with van der Waals surface area (Å²) in [6.45, 7) is 7.48. The first-order valence-corrected chi connectivity index (χ1v) is 9.22. The third kappa shape index (κ3) is 4.82. The van der Waals surface area contributed by atoms with Crippen LogP contribution in [0.25, 0.3) is 11.3 Å². The van der Waals surface area contributed by atoms with Crippen molar-refractivity contribution in [2.24, 2.45) is 0 Å². The van der Waals surface area contributed by atoms with Gasteiger partial charge < -0.3 is 9.26 Å². The Morgan fingerprint density at radius 1 is 1.03 bits per heavy atom. The highest BCUT2D eigenvalue weighted by atomic mass is 16.5. The Kier molecular flexibility index (Phi) is 5.97. The number of rotatable bonds is 5. The summed E-state index contributed by atoms with van der Waals surface area (Å²) in [6.07, 6.45) is -0.798. The van der Waals surface area contributed by atoms with Crippen molar-refractivity contribution in [3.8, 4) is 17.0 Å². The summed E-state index contributed by atoms with van der Waals surface area (Å²) in [7, 11) is 0. The number of nitrogens with one attached hydrogen (secondary N) is 2. The fraction of sp³-hybridized carbons (Fsp3) is 0.227. The Bertz CT molecular complexity index is 1020. The van der Waals surface area contributed by atoms with E-state index in [0.717, 1.165) is 22.3 Å². The molecule has 1 atom stereocenters. The molecule has 0 bridgehead atoms. The second-order valence-corrected chi connectivity index (χ2v) is 6.84. The third-order valence-electron chi connectivity index (χ3n) is 4.61. The summed E-state index contributed by atoms with van der Waals surface area (Å²) >= 11 is 0. The molecule has 29 heavy (non-hydrogen) atoms. The van der Waals surface area contributed by atoms with Crippen LogP contribution < -0.4 is 15.6 Å². The van der Waals surface area contributed by atoms with E-state index < -0.39 is 17.9 Å². The molecule has 7 nitrogen and oxygen atoms in total. The van der Waals surface area contributed by atoms with Crippen LogP contribution in [0.2, 0.25) is 0 Å². The van der Waals surface area contributed by atoms with E-state index in [-0.39, 0.29) is 5.76 Å². The van der Waals surface area contributed by atoms with Crippen LogP contribution in [-0.2, 0) is 4.79 Å². The first-order valence-electron chi connectivity index (χ1n) is 9.22. The van der Waals surface area contributed by atoms with Crippen molar-refractivity contribution in [3.05, 3.63) is 71.0 Å². The van der Waals surface area contributed by atoms with Gasteiger partial charge in [-0.3, -0.25) is 20.4 Å². The number of carbonyl (C=O) groups excluding carboxylic acids is 2. The molecule has 2 N–H and O–H groups in total. The monoisotopic (exact) mass is 393 g/mol. The molecule has 0 fully saturated rings. The van der Waals surface area contributed by atoms with Crippen molar-refractivity contribution < 1.29 is 18.8 Å². The fourth-order valence-electron chi connectivity index (χ4n) is 2.62. The molecule has 150 valence electrons. The lowest BCUT2D eigenvalue weighted by Crippen LogP contribution is -2.47. The second kappa shape index (κ2) is 8.60. The van der Waals surface area contributed by atoms with Crippen molar-refractivity contribution in [2.75, 3.05) is 0 Å². The summed E-state index contributed by atoms with van der Waals surface area (Å²) < 4.78 is 10.8. The maximum absolute atomic E-state index is 12.2. The molecule has 0 spiro atoms. The molecule has 3 rings (SSSR count). The quantitative estimate of drug-likeness (QED) is 0.647. The molecule has 1 aromatic heterocycles. The molecule has 0 saturated heterocycles. The van der Waals surface area contributed by atoms with Gasteiger partial charge in [-0.15, -0.1) is 0 Å². The molecule has 1 unspecified atom stereocenters. The zero-order chi connectivity index (χ0) is 21.0. The highest BCUT2D eigenvalue weighted by Gasteiger charge is 2.19. The smallest absolute Gasteiger partial charge is 0.308 e. The third-order valence-corrected chi connectivity index (χ3v) is 4.61. The highest BCUT2D eigenvalue weighted by Crippen LogP contribution is 2.22. The maximum atomic E-state index is 12.2. The number of ether oxygens (including phenoxy) is 1. The van der Waals surface area contributed by atoms with E-state index in [1.54, 1.807) is 13.0 Å². The zero-order valence-corrected chi connectivity index (χ0v) is 16.8. The average Bonchev–Trinajstić information content (AvgIpc) is 3.20. The van der Waals surface area contributed by atoms with Gasteiger partial charge in [0.15, 0.2) is 6.10 Å². The Morgan fingerprint density at radius 3 is 2.48 bits per heavy atom. The molecule has 2 amide bonds. The first kappa shape index (κ1) is 20.1. The van der Waals surface area contributed by atoms with Gasteiger partial charge in [-0.05, 0) is 44.9 Å². The molecule has 0 aliphatic heterocycles. The van der Waals surface area contributed by atoms with Crippen LogP contribution in [0.15, 0.2) is 53.1 Å². The largest absolute Gasteiger partial charge is 0.481 e. The van der Waals surface area contributed by atoms with Crippen molar-refractivity contribution >= 4 is 11.8 Å². The van der Waals surface area contributed by atoms with Gasteiger partial charge in [-0.1, -0.05) is 47.1 Å². The number of hydrogen-bond donors (Lipinski definition) is 2. The molecular weight excluding hydrogens is 370 g/mol. The molecule has 2 aromatic carbocycles. The van der Waals surface area contributed by atoms with Crippen LogP contribution in [0.3, 0.4) is 0 Å². The number of aromatic nitrogens is 1. The van der Waals surface area contributed by atoms with Crippen LogP contribution in [0.1, 0.15) is 34.2 Å². The summed E-state index contributed by atoms with van der Waals surface area (Å²) in [5, 5.41) is 3.90. The van der Waals surface area contributed by atoms with Gasteiger partial charge in [-0.25, -0.2) is 0 Å². The molecule has 0 aliphatic carbocycles. The predicted molar refractivity (Wildman–Crippen MR) is 108 cm³/mol. The van der Waals surface area contributed by atoms with Crippen LogP contribution in [0.5, 0.6) is 5.75 Å². The predicted octanol–water partition coefficient (Wildman–Crippen LogP) is 3.50. The molecule has 1 heterocycles. The summed E-state index contributed by atoms with van der Waals surface area (Å²) in [5.41, 5.74) is 9.17. The number of carbonyl (C=O) groups is 2. The number of benzene rings is 2. The lowest BCUT2D eigenvalue weighted by Gasteiger charge is -2.17. The number of hydrogen-bond acceptors (Lipinski definition) is 5. The van der Waals surface area contributed by atoms with Crippen LogP contribution in [0.4, 0.5) is 0 Å². The summed E-state index contributed by atoms with van der Waals surface area (Å²) in [6, 6.07) is 14.8. The van der Waals surface area contributed by atoms with Crippen LogP contribution in [0, 0.1) is 20.8 Å². The summed E-state index contributed by atoms with van der Waals surface area (Å²) in [5.74, 6) is -0.485. The number of hydrazine groups is 1. The Balaban J connectivity index is 1.56. The van der Waals surface area contributed by atoms with Gasteiger partial charge >= 0.3 is 5.91 Å². The lowest BCUT2D eigenvalue weighted by atomic mass is 10.1. The van der Waals surface area contributed by atoms with E-state index in [0.29, 0.717) is 11.4 Å². The maximum Gasteiger partial charge on any atom is 0.308 e. The molecule has 0 radical (unpaired) electrons. The summed E-state index contributed by atoms with van der Waals surface area (Å²) in [4.78, 5) is 24.5. The Hall–Kier alpha value is -3.61. The molecule has 7 heteroatoms. The van der Waals surface area contributed by atoms with E-state index >= 15 is 0 Å². The number of nitrogens with zero attached hydrogens (tertiary/aromatic N) is 1. The first-order chi connectivity index (χ1) is 13.8. The molecule has 0 saturated carbocycles. The number of amides is 2. The SMILES string of the molecule is Cc1ccc(-c2cc(C(=O)NNC(=O)C(C)Oc3cccc(C)c3C)on2)cc1. The van der Waals surface area contributed by atoms with E-state index in [4.69, 9.17) is 9.26 Å². The van der Waals surface area contributed by atoms with Crippen molar-refractivity contribution in [3.63, 3.8) is 0 Å². The second-order valence-electron chi connectivity index (χ2n) is 6.84. The standard InChI is InChI=1S/C22H23N3O4/c1-13-8-10-17(11-9-13)18-12-20(29-25-18)22(27)24-23-21(26)16(4)28-19-7-5-6-14(2)15(19)3/h5-12,16H,1-4H3,(H,23,26)(H,24,27). The number of aryl methyl sites for hydroxylation is 2. The zero-order valence-electron chi connectivity index (χ0n) is 16.8. The Morgan fingerprint density at radius 2 is 1.76 bits per heavy atom. The van der Waals surface area contributed by atoms with Crippen molar-refractivity contribution in [1.82, 2.24) is 16.0 Å². The van der Waals surface area contributed by atoms with E-state index in [9.17, 15) is 9.59 Å². The van der Waals surface area contributed by atoms with Crippen LogP contribution >= 0.6 is 0 Å². The van der Waals surface area contributed by atoms with E-state index in [1.165, 1.54) is 6.07 Å². The van der Waals surface area contributed by atoms with Gasteiger partial charge in [0.2, 0.25) is 5.76 Å². The van der Waals surface area contributed by atoms with Gasteiger partial charge in [0.05, 0.1) is 0 Å². The fourth-order valence-corrected chi connectivity index (χ4v) is 2.62. The van der Waals surface area contributed by atoms with Gasteiger partial charge in [0.25, 0.3) is 5.91 Å². The molecule has 3 aromatic rings. The van der Waals surface area contributed by atoms with E-state index in [2.05, 4.69) is 16.0 Å².